The van der Waals surface area contributed by atoms with Gasteiger partial charge in [-0.2, -0.15) is 0 Å². The van der Waals surface area contributed by atoms with Crippen molar-refractivity contribution in [2.24, 2.45) is 0 Å². The number of carbonyl (C=O) groups excluding carboxylic acids is 2. The Morgan fingerprint density at radius 2 is 2.04 bits per heavy atom. The van der Waals surface area contributed by atoms with E-state index in [4.69, 9.17) is 4.74 Å². The minimum Gasteiger partial charge on any atom is -0.493 e. The summed E-state index contributed by atoms with van der Waals surface area (Å²) in [5.74, 6) is 0.593. The van der Waals surface area contributed by atoms with Crippen LogP contribution >= 0.6 is 0 Å². The molecule has 2 N–H and O–H groups in total. The highest BCUT2D eigenvalue weighted by molar-refractivity contribution is 5.99. The molecule has 1 atom stereocenters. The monoisotopic (exact) mass is 345 g/mol. The highest BCUT2D eigenvalue weighted by Crippen LogP contribution is 2.30. The molecule has 2 aliphatic heterocycles. The summed E-state index contributed by atoms with van der Waals surface area (Å²) in [5.41, 5.74) is 0.792. The Kier molecular flexibility index (Phi) is 4.88. The number of urea groups is 1. The highest BCUT2D eigenvalue weighted by Gasteiger charge is 2.31. The van der Waals surface area contributed by atoms with E-state index >= 15 is 0 Å². The van der Waals surface area contributed by atoms with Crippen LogP contribution in [-0.4, -0.2) is 41.6 Å². The van der Waals surface area contributed by atoms with Gasteiger partial charge in [-0.1, -0.05) is 0 Å². The topological polar surface area (TPSA) is 70.7 Å². The lowest BCUT2D eigenvalue weighted by atomic mass is 9.97. The lowest BCUT2D eigenvalue weighted by Crippen LogP contribution is -2.45. The van der Waals surface area contributed by atoms with Crippen LogP contribution in [0.5, 0.6) is 5.75 Å². The lowest BCUT2D eigenvalue weighted by molar-refractivity contribution is 0.0548. The van der Waals surface area contributed by atoms with E-state index in [2.05, 4.69) is 10.6 Å². The second kappa shape index (κ2) is 6.94. The first kappa shape index (κ1) is 17.6. The molecule has 3 amide bonds. The molecule has 1 aromatic rings. The summed E-state index contributed by atoms with van der Waals surface area (Å²) in [5, 5.41) is 5.65. The lowest BCUT2D eigenvalue weighted by Gasteiger charge is -2.37. The molecule has 0 spiro atoms. The summed E-state index contributed by atoms with van der Waals surface area (Å²) in [6.07, 6.45) is 4.12. The molecular formula is C19H27N3O3. The number of amides is 3. The molecule has 1 fully saturated rings. The average molecular weight is 345 g/mol. The van der Waals surface area contributed by atoms with Gasteiger partial charge in [0.05, 0.1) is 12.2 Å². The van der Waals surface area contributed by atoms with Gasteiger partial charge in [-0.25, -0.2) is 4.79 Å². The van der Waals surface area contributed by atoms with Gasteiger partial charge in [-0.05, 0) is 58.2 Å². The summed E-state index contributed by atoms with van der Waals surface area (Å²) in [7, 11) is 0. The first-order valence-corrected chi connectivity index (χ1v) is 9.00. The molecule has 0 saturated carbocycles. The Morgan fingerprint density at radius 1 is 1.24 bits per heavy atom. The number of rotatable bonds is 1. The number of nitrogens with zero attached hydrogens (tertiary/aromatic N) is 1. The number of benzene rings is 1. The molecule has 0 aromatic heterocycles. The molecule has 25 heavy (non-hydrogen) atoms. The van der Waals surface area contributed by atoms with Crippen LogP contribution in [0.15, 0.2) is 18.2 Å². The van der Waals surface area contributed by atoms with Crippen LogP contribution in [-0.2, 0) is 0 Å². The minimum absolute atomic E-state index is 0.000667. The molecule has 1 unspecified atom stereocenters. The number of hydrogen-bond donors (Lipinski definition) is 2. The molecule has 0 bridgehead atoms. The third-order valence-corrected chi connectivity index (χ3v) is 4.55. The zero-order valence-corrected chi connectivity index (χ0v) is 15.2. The van der Waals surface area contributed by atoms with Gasteiger partial charge in [-0.3, -0.25) is 4.79 Å². The van der Waals surface area contributed by atoms with Gasteiger partial charge in [0, 0.05) is 30.2 Å². The van der Waals surface area contributed by atoms with Gasteiger partial charge in [0.2, 0.25) is 0 Å². The molecule has 2 aliphatic rings. The number of anilines is 1. The summed E-state index contributed by atoms with van der Waals surface area (Å²) in [6.45, 7) is 7.16. The zero-order chi connectivity index (χ0) is 18.0. The Bertz CT molecular complexity index is 666. The van der Waals surface area contributed by atoms with E-state index in [1.807, 2.05) is 25.7 Å². The highest BCUT2D eigenvalue weighted by atomic mass is 16.5. The first-order chi connectivity index (χ1) is 11.8. The number of ether oxygens (including phenoxy) is 1. The standard InChI is InChI=1S/C19H27N3O3/c1-19(2,3)21-18(24)20-13-7-8-16-15(12-13)17(23)22-10-5-4-6-14(22)9-11-25-16/h7-8,12,14H,4-6,9-11H2,1-3H3,(H2,20,21,24). The fourth-order valence-electron chi connectivity index (χ4n) is 3.43. The summed E-state index contributed by atoms with van der Waals surface area (Å²) in [6, 6.07) is 5.22. The van der Waals surface area contributed by atoms with Crippen molar-refractivity contribution < 1.29 is 14.3 Å². The SMILES string of the molecule is CC(C)(C)NC(=O)Nc1ccc2c(c1)C(=O)N1CCCCC1CCO2. The van der Waals surface area contributed by atoms with Crippen LogP contribution in [0, 0.1) is 0 Å². The molecule has 136 valence electrons. The van der Waals surface area contributed by atoms with E-state index in [9.17, 15) is 9.59 Å². The fraction of sp³-hybridized carbons (Fsp3) is 0.579. The van der Waals surface area contributed by atoms with E-state index in [-0.39, 0.29) is 23.5 Å². The molecule has 1 aromatic carbocycles. The van der Waals surface area contributed by atoms with Crippen LogP contribution in [0.2, 0.25) is 0 Å². The largest absolute Gasteiger partial charge is 0.493 e. The predicted molar refractivity (Wildman–Crippen MR) is 97.1 cm³/mol. The van der Waals surface area contributed by atoms with Crippen molar-refractivity contribution in [2.75, 3.05) is 18.5 Å². The number of fused-ring (bicyclic) bond motifs is 2. The van der Waals surface area contributed by atoms with Gasteiger partial charge >= 0.3 is 6.03 Å². The number of nitrogens with one attached hydrogen (secondary N) is 2. The van der Waals surface area contributed by atoms with Crippen molar-refractivity contribution in [1.29, 1.82) is 0 Å². The second-order valence-electron chi connectivity index (χ2n) is 7.83. The number of piperidine rings is 1. The zero-order valence-electron chi connectivity index (χ0n) is 15.2. The minimum atomic E-state index is -0.326. The summed E-state index contributed by atoms with van der Waals surface area (Å²) in [4.78, 5) is 27.1. The third kappa shape index (κ3) is 4.24. The molecule has 6 heteroatoms. The Labute approximate surface area is 148 Å². The first-order valence-electron chi connectivity index (χ1n) is 9.00. The maximum atomic E-state index is 13.0. The van der Waals surface area contributed by atoms with Crippen LogP contribution in [0.1, 0.15) is 56.8 Å². The van der Waals surface area contributed by atoms with Crippen molar-refractivity contribution in [3.05, 3.63) is 23.8 Å². The second-order valence-corrected chi connectivity index (χ2v) is 7.83. The van der Waals surface area contributed by atoms with Gasteiger partial charge in [0.15, 0.2) is 0 Å². The maximum absolute atomic E-state index is 13.0. The molecule has 1 saturated heterocycles. The van der Waals surface area contributed by atoms with Gasteiger partial charge in [-0.15, -0.1) is 0 Å². The van der Waals surface area contributed by atoms with Crippen molar-refractivity contribution >= 4 is 17.6 Å². The summed E-state index contributed by atoms with van der Waals surface area (Å²) >= 11 is 0. The average Bonchev–Trinajstić information content (AvgIpc) is 2.52. The van der Waals surface area contributed by atoms with E-state index in [0.29, 0.717) is 23.6 Å². The van der Waals surface area contributed by atoms with Crippen LogP contribution < -0.4 is 15.4 Å². The van der Waals surface area contributed by atoms with Gasteiger partial charge in [0.25, 0.3) is 5.91 Å². The van der Waals surface area contributed by atoms with E-state index in [1.54, 1.807) is 18.2 Å². The predicted octanol–water partition coefficient (Wildman–Crippen LogP) is 3.38. The Balaban J connectivity index is 1.82. The molecule has 0 radical (unpaired) electrons. The Hall–Kier alpha value is -2.24. The van der Waals surface area contributed by atoms with Crippen LogP contribution in [0.25, 0.3) is 0 Å². The van der Waals surface area contributed by atoms with E-state index in [0.717, 1.165) is 32.2 Å². The van der Waals surface area contributed by atoms with Crippen LogP contribution in [0.3, 0.4) is 0 Å². The van der Waals surface area contributed by atoms with Crippen molar-refractivity contribution in [3.63, 3.8) is 0 Å². The third-order valence-electron chi connectivity index (χ3n) is 4.55. The molecule has 3 rings (SSSR count). The molecule has 2 heterocycles. The van der Waals surface area contributed by atoms with Crippen molar-refractivity contribution in [1.82, 2.24) is 10.2 Å². The maximum Gasteiger partial charge on any atom is 0.319 e. The fourth-order valence-corrected chi connectivity index (χ4v) is 3.43. The number of carbonyl (C=O) groups is 2. The number of hydrogen-bond acceptors (Lipinski definition) is 3. The van der Waals surface area contributed by atoms with E-state index in [1.165, 1.54) is 0 Å². The smallest absolute Gasteiger partial charge is 0.319 e. The van der Waals surface area contributed by atoms with E-state index < -0.39 is 0 Å². The van der Waals surface area contributed by atoms with Crippen LogP contribution in [0.4, 0.5) is 10.5 Å². The van der Waals surface area contributed by atoms with Crippen molar-refractivity contribution in [3.8, 4) is 5.75 Å². The molecule has 0 aliphatic carbocycles. The normalized spacial score (nSPS) is 20.5. The van der Waals surface area contributed by atoms with Gasteiger partial charge in [0.1, 0.15) is 5.75 Å². The van der Waals surface area contributed by atoms with Gasteiger partial charge < -0.3 is 20.3 Å². The molecule has 6 nitrogen and oxygen atoms in total. The Morgan fingerprint density at radius 3 is 2.80 bits per heavy atom. The quantitative estimate of drug-likeness (QED) is 0.820. The molecular weight excluding hydrogens is 318 g/mol. The summed E-state index contributed by atoms with van der Waals surface area (Å²) < 4.78 is 5.81. The van der Waals surface area contributed by atoms with Crippen molar-refractivity contribution in [2.45, 2.75) is 58.0 Å².